The van der Waals surface area contributed by atoms with Gasteiger partial charge in [-0.3, -0.25) is 0 Å². The first-order chi connectivity index (χ1) is 29.8. The summed E-state index contributed by atoms with van der Waals surface area (Å²) in [6, 6.07) is 77.6. The molecule has 0 heterocycles. The van der Waals surface area contributed by atoms with Crippen molar-refractivity contribution in [3.05, 3.63) is 236 Å². The van der Waals surface area contributed by atoms with Crippen LogP contribution >= 0.6 is 0 Å². The lowest BCUT2D eigenvalue weighted by molar-refractivity contribution is 0.998. The van der Waals surface area contributed by atoms with Gasteiger partial charge in [-0.25, -0.2) is 0 Å². The summed E-state index contributed by atoms with van der Waals surface area (Å²) in [5.74, 6) is 0. The van der Waals surface area contributed by atoms with Crippen LogP contribution in [0.4, 0.5) is 28.4 Å². The van der Waals surface area contributed by atoms with E-state index in [0.29, 0.717) is 0 Å². The summed E-state index contributed by atoms with van der Waals surface area (Å²) in [5, 5.41) is 9.75. The highest BCUT2D eigenvalue weighted by molar-refractivity contribution is 6.23. The number of rotatable bonds is 8. The Labute approximate surface area is 351 Å². The minimum absolute atomic E-state index is 1.01. The summed E-state index contributed by atoms with van der Waals surface area (Å²) < 4.78 is 0. The molecule has 284 valence electrons. The van der Waals surface area contributed by atoms with Gasteiger partial charge in [-0.05, 0) is 122 Å². The quantitative estimate of drug-likeness (QED) is 0.142. The van der Waals surface area contributed by atoms with Crippen LogP contribution in [0.3, 0.4) is 0 Å². The zero-order chi connectivity index (χ0) is 39.8. The second-order valence-corrected chi connectivity index (χ2v) is 15.6. The smallest absolute Gasteiger partial charge is 0.0540 e. The van der Waals surface area contributed by atoms with Crippen LogP contribution in [0.25, 0.3) is 65.3 Å². The van der Waals surface area contributed by atoms with E-state index < -0.39 is 0 Å². The molecule has 0 amide bonds. The zero-order valence-electron chi connectivity index (χ0n) is 33.2. The number of hydrogen-bond donors (Lipinski definition) is 0. The van der Waals surface area contributed by atoms with Crippen molar-refractivity contribution in [2.24, 2.45) is 0 Å². The van der Waals surface area contributed by atoms with Crippen LogP contribution in [0.2, 0.25) is 0 Å². The topological polar surface area (TPSA) is 6.48 Å². The van der Waals surface area contributed by atoms with Gasteiger partial charge in [0.2, 0.25) is 0 Å². The maximum Gasteiger partial charge on any atom is 0.0540 e. The van der Waals surface area contributed by atoms with Crippen molar-refractivity contribution >= 4 is 71.5 Å². The molecule has 60 heavy (non-hydrogen) atoms. The molecule has 0 saturated carbocycles. The van der Waals surface area contributed by atoms with Gasteiger partial charge in [0.25, 0.3) is 0 Å². The van der Waals surface area contributed by atoms with Gasteiger partial charge in [0.1, 0.15) is 0 Å². The molecule has 2 nitrogen and oxygen atoms in total. The molecular weight excluding hydrogens is 725 g/mol. The predicted octanol–water partition coefficient (Wildman–Crippen LogP) is 16.5. The lowest BCUT2D eigenvalue weighted by atomic mass is 9.85. The van der Waals surface area contributed by atoms with Crippen LogP contribution in [0, 0.1) is 0 Å². The molecule has 0 N–H and O–H groups in total. The van der Waals surface area contributed by atoms with E-state index in [4.69, 9.17) is 0 Å². The second-order valence-electron chi connectivity index (χ2n) is 15.6. The summed E-state index contributed by atoms with van der Waals surface area (Å²) >= 11 is 0. The zero-order valence-corrected chi connectivity index (χ0v) is 33.2. The van der Waals surface area contributed by atoms with E-state index in [1.54, 1.807) is 0 Å². The van der Waals surface area contributed by atoms with Crippen LogP contribution in [-0.4, -0.2) is 0 Å². The van der Waals surface area contributed by atoms with Gasteiger partial charge in [0.05, 0.1) is 11.4 Å². The van der Waals surface area contributed by atoms with E-state index in [1.807, 2.05) is 0 Å². The number of anilines is 5. The normalized spacial score (nSPS) is 12.6. The van der Waals surface area contributed by atoms with Crippen LogP contribution in [0.5, 0.6) is 0 Å². The van der Waals surface area contributed by atoms with Crippen molar-refractivity contribution in [2.75, 3.05) is 9.80 Å². The number of hydrogen-bond acceptors (Lipinski definition) is 2. The Kier molecular flexibility index (Phi) is 9.02. The van der Waals surface area contributed by atoms with Gasteiger partial charge in [0.15, 0.2) is 0 Å². The molecule has 10 aromatic carbocycles. The van der Waals surface area contributed by atoms with Gasteiger partial charge in [-0.1, -0.05) is 176 Å². The average Bonchev–Trinajstić information content (AvgIpc) is 3.32. The summed E-state index contributed by atoms with van der Waals surface area (Å²) in [5.41, 5.74) is 11.7. The molecule has 0 bridgehead atoms. The van der Waals surface area contributed by atoms with Crippen LogP contribution < -0.4 is 9.80 Å². The maximum atomic E-state index is 2.46. The molecule has 0 radical (unpaired) electrons. The molecule has 0 unspecified atom stereocenters. The molecule has 0 atom stereocenters. The molecule has 1 aliphatic rings. The van der Waals surface area contributed by atoms with Gasteiger partial charge in [-0.15, -0.1) is 0 Å². The Morgan fingerprint density at radius 2 is 0.783 bits per heavy atom. The van der Waals surface area contributed by atoms with Crippen molar-refractivity contribution in [3.63, 3.8) is 0 Å². The fourth-order valence-electron chi connectivity index (χ4n) is 9.32. The first kappa shape index (κ1) is 35.5. The van der Waals surface area contributed by atoms with Gasteiger partial charge in [-0.2, -0.15) is 0 Å². The molecule has 1 aliphatic carbocycles. The Bertz CT molecular complexity index is 3250. The van der Waals surface area contributed by atoms with Crippen molar-refractivity contribution in [2.45, 2.75) is 12.8 Å². The number of benzene rings is 10. The van der Waals surface area contributed by atoms with Gasteiger partial charge < -0.3 is 9.80 Å². The fourth-order valence-corrected chi connectivity index (χ4v) is 9.32. The van der Waals surface area contributed by atoms with Crippen molar-refractivity contribution in [1.82, 2.24) is 0 Å². The minimum Gasteiger partial charge on any atom is -0.310 e. The second kappa shape index (κ2) is 15.2. The Balaban J connectivity index is 1.22. The lowest BCUT2D eigenvalue weighted by Gasteiger charge is -2.30. The van der Waals surface area contributed by atoms with Crippen molar-refractivity contribution in [3.8, 4) is 22.3 Å². The first-order valence-corrected chi connectivity index (χ1v) is 20.9. The molecule has 0 fully saturated rings. The van der Waals surface area contributed by atoms with Gasteiger partial charge in [0, 0.05) is 33.5 Å². The van der Waals surface area contributed by atoms with E-state index in [0.717, 1.165) is 35.6 Å². The third-order valence-corrected chi connectivity index (χ3v) is 12.0. The minimum atomic E-state index is 1.01. The van der Waals surface area contributed by atoms with E-state index in [9.17, 15) is 0 Å². The molecule has 10 aromatic rings. The summed E-state index contributed by atoms with van der Waals surface area (Å²) in [6.07, 6.45) is 9.05. The number of allylic oxidation sites excluding steroid dienone is 3. The monoisotopic (exact) mass is 766 g/mol. The Morgan fingerprint density at radius 1 is 0.317 bits per heavy atom. The van der Waals surface area contributed by atoms with Gasteiger partial charge >= 0.3 is 0 Å². The Morgan fingerprint density at radius 3 is 1.32 bits per heavy atom. The fraction of sp³-hybridized carbons (Fsp3) is 0.0345. The first-order valence-electron chi connectivity index (χ1n) is 20.9. The number of nitrogens with zero attached hydrogens (tertiary/aromatic N) is 2. The summed E-state index contributed by atoms with van der Waals surface area (Å²) in [7, 11) is 0. The van der Waals surface area contributed by atoms with E-state index >= 15 is 0 Å². The van der Waals surface area contributed by atoms with E-state index in [2.05, 4.69) is 240 Å². The average molecular weight is 767 g/mol. The number of para-hydroxylation sites is 1. The standard InChI is InChI=1S/C58H42N2/c1-5-21-43(22-6-1)57-51-37-35-48(60(46-29-11-4-12-30-46)56-34-18-26-42-20-14-16-32-50(42)56)40-54(51)58(44-23-7-2-8-24-44)52-38-36-47(39-53(52)57)59(45-27-9-3-10-28-45)55-33-17-25-41-19-13-15-31-49(41)55/h1-3,5-11,13-40H,4,12H2. The third kappa shape index (κ3) is 6.22. The summed E-state index contributed by atoms with van der Waals surface area (Å²) in [4.78, 5) is 4.88. The van der Waals surface area contributed by atoms with Crippen LogP contribution in [0.1, 0.15) is 12.8 Å². The molecule has 0 saturated heterocycles. The van der Waals surface area contributed by atoms with Crippen LogP contribution in [0.15, 0.2) is 236 Å². The predicted molar refractivity (Wildman–Crippen MR) is 257 cm³/mol. The molecular formula is C58H42N2. The maximum absolute atomic E-state index is 2.46. The SMILES string of the molecule is C1=CC(N(c2ccc3c(-c4ccccc4)c4cc(N(c5ccccc5)c5cccc6ccccc56)ccc4c(-c4ccccc4)c3c2)c2cccc3ccccc23)=CCC1. The Hall–Kier alpha value is -7.68. The highest BCUT2D eigenvalue weighted by atomic mass is 15.2. The largest absolute Gasteiger partial charge is 0.310 e. The van der Waals surface area contributed by atoms with E-state index in [-0.39, 0.29) is 0 Å². The molecule has 0 aromatic heterocycles. The summed E-state index contributed by atoms with van der Waals surface area (Å²) in [6.45, 7) is 0. The molecule has 0 spiro atoms. The van der Waals surface area contributed by atoms with Crippen molar-refractivity contribution in [1.29, 1.82) is 0 Å². The van der Waals surface area contributed by atoms with Crippen LogP contribution in [-0.2, 0) is 0 Å². The highest BCUT2D eigenvalue weighted by Crippen LogP contribution is 2.49. The molecule has 0 aliphatic heterocycles. The van der Waals surface area contributed by atoms with Crippen molar-refractivity contribution < 1.29 is 0 Å². The highest BCUT2D eigenvalue weighted by Gasteiger charge is 2.23. The molecule has 11 rings (SSSR count). The number of fused-ring (bicyclic) bond motifs is 4. The van der Waals surface area contributed by atoms with E-state index in [1.165, 1.54) is 76.7 Å². The lowest BCUT2D eigenvalue weighted by Crippen LogP contribution is -2.16. The third-order valence-electron chi connectivity index (χ3n) is 12.0. The molecule has 2 heteroatoms.